The van der Waals surface area contributed by atoms with Crippen LogP contribution < -0.4 is 4.72 Å². The Morgan fingerprint density at radius 1 is 1.17 bits per heavy atom. The van der Waals surface area contributed by atoms with Gasteiger partial charge in [0.05, 0.1) is 9.77 Å². The van der Waals surface area contributed by atoms with Crippen LogP contribution >= 0.6 is 11.3 Å². The van der Waals surface area contributed by atoms with Crippen LogP contribution in [0.2, 0.25) is 0 Å². The number of carbonyl (C=O) groups is 2. The molecule has 0 unspecified atom stereocenters. The van der Waals surface area contributed by atoms with E-state index in [1.165, 1.54) is 42.5 Å². The van der Waals surface area contributed by atoms with Gasteiger partial charge < -0.3 is 0 Å². The fourth-order valence-electron chi connectivity index (χ4n) is 2.08. The number of amides is 1. The second-order valence-corrected chi connectivity index (χ2v) is 7.90. The molecular weight excluding hydrogens is 334 g/mol. The van der Waals surface area contributed by atoms with Crippen LogP contribution in [0.15, 0.2) is 35.2 Å². The van der Waals surface area contributed by atoms with E-state index in [2.05, 4.69) is 4.72 Å². The minimum Gasteiger partial charge on any atom is -0.295 e. The Morgan fingerprint density at radius 3 is 2.26 bits per heavy atom. The van der Waals surface area contributed by atoms with Crippen LogP contribution in [-0.2, 0) is 16.4 Å². The van der Waals surface area contributed by atoms with Gasteiger partial charge in [-0.25, -0.2) is 13.1 Å². The van der Waals surface area contributed by atoms with E-state index in [4.69, 9.17) is 0 Å². The van der Waals surface area contributed by atoms with Crippen molar-refractivity contribution < 1.29 is 18.0 Å². The zero-order chi connectivity index (χ0) is 17.2. The zero-order valence-electron chi connectivity index (χ0n) is 13.0. The standard InChI is InChI=1S/C16H17NO4S2/c1-4-14-10(2)9-15(22-14)16(19)17-23(20,21)13-7-5-12(6-8-13)11(3)18/h5-9H,4H2,1-3H3,(H,17,19). The number of ketones is 1. The topological polar surface area (TPSA) is 80.3 Å². The van der Waals surface area contributed by atoms with E-state index < -0.39 is 15.9 Å². The third-order valence-corrected chi connectivity index (χ3v) is 6.09. The molecule has 0 saturated heterocycles. The molecule has 5 nitrogen and oxygen atoms in total. The maximum Gasteiger partial charge on any atom is 0.275 e. The number of nitrogens with one attached hydrogen (secondary N) is 1. The largest absolute Gasteiger partial charge is 0.295 e. The van der Waals surface area contributed by atoms with E-state index in [0.29, 0.717) is 10.4 Å². The van der Waals surface area contributed by atoms with E-state index in [9.17, 15) is 18.0 Å². The van der Waals surface area contributed by atoms with Gasteiger partial charge in [-0.2, -0.15) is 0 Å². The zero-order valence-corrected chi connectivity index (χ0v) is 14.7. The van der Waals surface area contributed by atoms with Crippen molar-refractivity contribution in [3.05, 3.63) is 51.2 Å². The molecule has 0 aliphatic rings. The summed E-state index contributed by atoms with van der Waals surface area (Å²) >= 11 is 1.29. The molecule has 1 aromatic heterocycles. The van der Waals surface area contributed by atoms with Crippen LogP contribution in [0, 0.1) is 6.92 Å². The molecule has 122 valence electrons. The average Bonchev–Trinajstić information content (AvgIpc) is 2.88. The first-order valence-corrected chi connectivity index (χ1v) is 9.32. The molecule has 1 N–H and O–H groups in total. The molecule has 1 aromatic carbocycles. The van der Waals surface area contributed by atoms with Crippen LogP contribution in [0.1, 0.15) is 44.3 Å². The number of sulfonamides is 1. The Hall–Kier alpha value is -1.99. The fraction of sp³-hybridized carbons (Fsp3) is 0.250. The molecule has 0 aliphatic heterocycles. The SMILES string of the molecule is CCc1sc(C(=O)NS(=O)(=O)c2ccc(C(C)=O)cc2)cc1C. The summed E-state index contributed by atoms with van der Waals surface area (Å²) in [6.45, 7) is 5.27. The smallest absolute Gasteiger partial charge is 0.275 e. The Balaban J connectivity index is 2.22. The predicted octanol–water partition coefficient (Wildman–Crippen LogP) is 2.94. The highest BCUT2D eigenvalue weighted by Crippen LogP contribution is 2.22. The van der Waals surface area contributed by atoms with Gasteiger partial charge in [0.1, 0.15) is 0 Å². The van der Waals surface area contributed by atoms with E-state index in [1.807, 2.05) is 13.8 Å². The Morgan fingerprint density at radius 2 is 1.78 bits per heavy atom. The van der Waals surface area contributed by atoms with Crippen molar-refractivity contribution in [2.24, 2.45) is 0 Å². The lowest BCUT2D eigenvalue weighted by Crippen LogP contribution is -2.30. The first kappa shape index (κ1) is 17.4. The van der Waals surface area contributed by atoms with E-state index in [1.54, 1.807) is 6.07 Å². The number of rotatable bonds is 5. The summed E-state index contributed by atoms with van der Waals surface area (Å²) in [4.78, 5) is 24.7. The Labute approximate surface area is 139 Å². The molecule has 1 heterocycles. The molecule has 0 atom stereocenters. The van der Waals surface area contributed by atoms with Gasteiger partial charge in [-0.1, -0.05) is 19.1 Å². The van der Waals surface area contributed by atoms with Crippen molar-refractivity contribution in [2.75, 3.05) is 0 Å². The Kier molecular flexibility index (Phi) is 5.01. The lowest BCUT2D eigenvalue weighted by molar-refractivity contribution is 0.0982. The lowest BCUT2D eigenvalue weighted by Gasteiger charge is -2.06. The first-order chi connectivity index (χ1) is 10.7. The molecule has 0 bridgehead atoms. The molecule has 23 heavy (non-hydrogen) atoms. The van der Waals surface area contributed by atoms with Crippen molar-refractivity contribution in [3.63, 3.8) is 0 Å². The average molecular weight is 351 g/mol. The van der Waals surface area contributed by atoms with Crippen LogP contribution in [0.4, 0.5) is 0 Å². The second kappa shape index (κ2) is 6.64. The minimum atomic E-state index is -3.96. The van der Waals surface area contributed by atoms with Gasteiger partial charge in [0.15, 0.2) is 5.78 Å². The number of carbonyl (C=O) groups excluding carboxylic acids is 2. The van der Waals surface area contributed by atoms with Gasteiger partial charge in [-0.05, 0) is 44.0 Å². The molecule has 0 saturated carbocycles. The third kappa shape index (κ3) is 3.86. The molecule has 2 rings (SSSR count). The van der Waals surface area contributed by atoms with Crippen molar-refractivity contribution >= 4 is 33.1 Å². The number of hydrogen-bond acceptors (Lipinski definition) is 5. The predicted molar refractivity (Wildman–Crippen MR) is 89.5 cm³/mol. The number of Topliss-reactive ketones (excluding diaryl/α,β-unsaturated/α-hetero) is 1. The maximum absolute atomic E-state index is 12.2. The molecular formula is C16H17NO4S2. The molecule has 2 aromatic rings. The molecule has 0 radical (unpaired) electrons. The van der Waals surface area contributed by atoms with Crippen LogP contribution in [-0.4, -0.2) is 20.1 Å². The quantitative estimate of drug-likeness (QED) is 0.840. The summed E-state index contributed by atoms with van der Waals surface area (Å²) in [7, 11) is -3.96. The van der Waals surface area contributed by atoms with Crippen LogP contribution in [0.5, 0.6) is 0 Å². The first-order valence-electron chi connectivity index (χ1n) is 7.02. The minimum absolute atomic E-state index is 0.0557. The van der Waals surface area contributed by atoms with Crippen molar-refractivity contribution in [3.8, 4) is 0 Å². The molecule has 7 heteroatoms. The van der Waals surface area contributed by atoms with Gasteiger partial charge in [0.25, 0.3) is 15.9 Å². The number of thiophene rings is 1. The number of benzene rings is 1. The summed E-state index contributed by atoms with van der Waals surface area (Å²) in [6.07, 6.45) is 0.795. The van der Waals surface area contributed by atoms with Gasteiger partial charge >= 0.3 is 0 Å². The summed E-state index contributed by atoms with van der Waals surface area (Å²) in [5, 5.41) is 0. The molecule has 0 spiro atoms. The van der Waals surface area contributed by atoms with Crippen LogP contribution in [0.3, 0.4) is 0 Å². The highest BCUT2D eigenvalue weighted by Gasteiger charge is 2.20. The van der Waals surface area contributed by atoms with Crippen molar-refractivity contribution in [2.45, 2.75) is 32.1 Å². The number of aryl methyl sites for hydroxylation is 2. The fourth-order valence-corrected chi connectivity index (χ4v) is 4.12. The molecule has 0 fully saturated rings. The normalized spacial score (nSPS) is 11.3. The van der Waals surface area contributed by atoms with E-state index in [-0.39, 0.29) is 10.7 Å². The monoisotopic (exact) mass is 351 g/mol. The summed E-state index contributed by atoms with van der Waals surface area (Å²) in [6, 6.07) is 7.15. The summed E-state index contributed by atoms with van der Waals surface area (Å²) in [5.74, 6) is -0.799. The Bertz CT molecular complexity index is 849. The molecule has 1 amide bonds. The van der Waals surface area contributed by atoms with Gasteiger partial charge in [0, 0.05) is 10.4 Å². The highest BCUT2D eigenvalue weighted by molar-refractivity contribution is 7.90. The van der Waals surface area contributed by atoms with Gasteiger partial charge in [0.2, 0.25) is 0 Å². The maximum atomic E-state index is 12.2. The van der Waals surface area contributed by atoms with E-state index >= 15 is 0 Å². The van der Waals surface area contributed by atoms with Gasteiger partial charge in [-0.15, -0.1) is 11.3 Å². The third-order valence-electron chi connectivity index (χ3n) is 3.36. The number of hydrogen-bond donors (Lipinski definition) is 1. The second-order valence-electron chi connectivity index (χ2n) is 5.09. The van der Waals surface area contributed by atoms with E-state index in [0.717, 1.165) is 16.9 Å². The summed E-state index contributed by atoms with van der Waals surface area (Å²) < 4.78 is 26.6. The van der Waals surface area contributed by atoms with Gasteiger partial charge in [-0.3, -0.25) is 9.59 Å². The van der Waals surface area contributed by atoms with Crippen molar-refractivity contribution in [1.29, 1.82) is 0 Å². The summed E-state index contributed by atoms with van der Waals surface area (Å²) in [5.41, 5.74) is 1.39. The van der Waals surface area contributed by atoms with Crippen molar-refractivity contribution in [1.82, 2.24) is 4.72 Å². The van der Waals surface area contributed by atoms with Crippen LogP contribution in [0.25, 0.3) is 0 Å². The lowest BCUT2D eigenvalue weighted by atomic mass is 10.2. The highest BCUT2D eigenvalue weighted by atomic mass is 32.2. The molecule has 0 aliphatic carbocycles.